The number of alkyl carbamates (subject to hydrolysis) is 1. The number of amides is 3. The van der Waals surface area contributed by atoms with Crippen molar-refractivity contribution in [3.8, 4) is 0 Å². The molecule has 0 aromatic heterocycles. The topological polar surface area (TPSA) is 91.9 Å². The van der Waals surface area contributed by atoms with Crippen molar-refractivity contribution in [2.24, 2.45) is 0 Å². The van der Waals surface area contributed by atoms with Crippen LogP contribution in [0.5, 0.6) is 0 Å². The largest absolute Gasteiger partial charge is 0.444 e. The van der Waals surface area contributed by atoms with Crippen LogP contribution in [0.25, 0.3) is 0 Å². The second-order valence-electron chi connectivity index (χ2n) is 6.80. The normalized spacial score (nSPS) is 12.4. The Labute approximate surface area is 145 Å². The highest BCUT2D eigenvalue weighted by Crippen LogP contribution is 2.06. The molecular weight excluding hydrogens is 312 g/mol. The average Bonchev–Trinajstić information content (AvgIpc) is 2.45. The summed E-state index contributed by atoms with van der Waals surface area (Å²) in [5.41, 5.74) is -0.485. The molecule has 0 aliphatic heterocycles. The molecule has 0 aliphatic carbocycles. The van der Waals surface area contributed by atoms with Gasteiger partial charge in [-0.2, -0.15) is 0 Å². The second-order valence-corrected chi connectivity index (χ2v) is 6.80. The number of carbonyl (C=O) groups excluding carboxylic acids is 2. The van der Waals surface area contributed by atoms with E-state index in [4.69, 9.17) is 9.47 Å². The minimum Gasteiger partial charge on any atom is -0.444 e. The van der Waals surface area contributed by atoms with Crippen LogP contribution in [0, 0.1) is 0 Å². The summed E-state index contributed by atoms with van der Waals surface area (Å²) >= 11 is 0. The molecule has 0 aliphatic rings. The summed E-state index contributed by atoms with van der Waals surface area (Å²) in [7, 11) is 5.06. The zero-order valence-corrected chi connectivity index (χ0v) is 15.9. The van der Waals surface area contributed by atoms with Gasteiger partial charge in [0.15, 0.2) is 0 Å². The van der Waals surface area contributed by atoms with E-state index in [1.54, 1.807) is 21.2 Å². The van der Waals surface area contributed by atoms with Gasteiger partial charge in [0.1, 0.15) is 5.60 Å². The lowest BCUT2D eigenvalue weighted by molar-refractivity contribution is 0.0526. The Morgan fingerprint density at radius 1 is 1.08 bits per heavy atom. The van der Waals surface area contributed by atoms with Crippen molar-refractivity contribution in [2.75, 3.05) is 47.4 Å². The molecule has 142 valence electrons. The third kappa shape index (κ3) is 13.0. The maximum absolute atomic E-state index is 11.5. The number of nitrogens with one attached hydrogen (secondary N) is 3. The van der Waals surface area contributed by atoms with E-state index in [2.05, 4.69) is 16.0 Å². The Bertz CT molecular complexity index is 370. The summed E-state index contributed by atoms with van der Waals surface area (Å²) in [6.07, 6.45) is 1.26. The summed E-state index contributed by atoms with van der Waals surface area (Å²) in [6.45, 7) is 7.84. The predicted molar refractivity (Wildman–Crippen MR) is 94.2 cm³/mol. The van der Waals surface area contributed by atoms with Crippen molar-refractivity contribution in [3.05, 3.63) is 0 Å². The lowest BCUT2D eigenvalue weighted by atomic mass is 10.1. The van der Waals surface area contributed by atoms with Gasteiger partial charge in [0, 0.05) is 46.9 Å². The van der Waals surface area contributed by atoms with E-state index in [0.717, 1.165) is 12.8 Å². The molecule has 8 nitrogen and oxygen atoms in total. The van der Waals surface area contributed by atoms with Crippen molar-refractivity contribution in [1.82, 2.24) is 20.9 Å². The van der Waals surface area contributed by atoms with Crippen molar-refractivity contribution in [3.63, 3.8) is 0 Å². The van der Waals surface area contributed by atoms with Gasteiger partial charge in [0.05, 0.1) is 6.61 Å². The van der Waals surface area contributed by atoms with E-state index in [9.17, 15) is 9.59 Å². The Morgan fingerprint density at radius 2 is 1.75 bits per heavy atom. The number of nitrogens with zero attached hydrogens (tertiary/aromatic N) is 1. The lowest BCUT2D eigenvalue weighted by Gasteiger charge is -2.21. The number of hydrogen-bond acceptors (Lipinski definition) is 5. The zero-order valence-electron chi connectivity index (χ0n) is 15.9. The molecule has 0 heterocycles. The van der Waals surface area contributed by atoms with Gasteiger partial charge >= 0.3 is 12.1 Å². The maximum atomic E-state index is 11.5. The van der Waals surface area contributed by atoms with Gasteiger partial charge in [-0.15, -0.1) is 0 Å². The Kier molecular flexibility index (Phi) is 11.1. The standard InChI is InChI=1S/C16H34N4O4/c1-16(2,3)24-15(22)19-9-7-8-13(12-23-6)17-10-11-18-14(21)20(4)5/h13,17H,7-12H2,1-6H3,(H,18,21)(H,19,22). The summed E-state index contributed by atoms with van der Waals surface area (Å²) in [5, 5.41) is 8.87. The Morgan fingerprint density at radius 3 is 2.29 bits per heavy atom. The van der Waals surface area contributed by atoms with Crippen LogP contribution in [-0.2, 0) is 9.47 Å². The molecule has 0 aromatic rings. The van der Waals surface area contributed by atoms with Crippen LogP contribution in [0.3, 0.4) is 0 Å². The quantitative estimate of drug-likeness (QED) is 0.517. The second kappa shape index (κ2) is 11.9. The molecule has 3 N–H and O–H groups in total. The third-order valence-electron chi connectivity index (χ3n) is 3.01. The minimum atomic E-state index is -0.485. The fourth-order valence-corrected chi connectivity index (χ4v) is 1.90. The number of urea groups is 1. The van der Waals surface area contributed by atoms with Crippen LogP contribution in [0.15, 0.2) is 0 Å². The van der Waals surface area contributed by atoms with Gasteiger partial charge in [-0.25, -0.2) is 9.59 Å². The Hall–Kier alpha value is -1.54. The highest BCUT2D eigenvalue weighted by atomic mass is 16.6. The predicted octanol–water partition coefficient (Wildman–Crippen LogP) is 1.17. The molecule has 0 aromatic carbocycles. The van der Waals surface area contributed by atoms with E-state index in [1.807, 2.05) is 20.8 Å². The number of ether oxygens (including phenoxy) is 2. The van der Waals surface area contributed by atoms with Crippen LogP contribution in [0.1, 0.15) is 33.6 Å². The van der Waals surface area contributed by atoms with Crippen LogP contribution in [0.2, 0.25) is 0 Å². The minimum absolute atomic E-state index is 0.110. The molecule has 0 spiro atoms. The van der Waals surface area contributed by atoms with Crippen molar-refractivity contribution in [2.45, 2.75) is 45.3 Å². The van der Waals surface area contributed by atoms with E-state index in [1.165, 1.54) is 4.90 Å². The van der Waals surface area contributed by atoms with Gasteiger partial charge in [0.2, 0.25) is 0 Å². The average molecular weight is 346 g/mol. The third-order valence-corrected chi connectivity index (χ3v) is 3.01. The smallest absolute Gasteiger partial charge is 0.407 e. The molecule has 3 amide bonds. The van der Waals surface area contributed by atoms with Crippen LogP contribution < -0.4 is 16.0 Å². The van der Waals surface area contributed by atoms with E-state index >= 15 is 0 Å². The lowest BCUT2D eigenvalue weighted by Crippen LogP contribution is -2.42. The molecule has 0 saturated carbocycles. The fraction of sp³-hybridized carbons (Fsp3) is 0.875. The molecular formula is C16H34N4O4. The number of hydrogen-bond donors (Lipinski definition) is 3. The fourth-order valence-electron chi connectivity index (χ4n) is 1.90. The number of rotatable bonds is 10. The van der Waals surface area contributed by atoms with Gasteiger partial charge < -0.3 is 30.3 Å². The van der Waals surface area contributed by atoms with Crippen molar-refractivity contribution >= 4 is 12.1 Å². The highest BCUT2D eigenvalue weighted by Gasteiger charge is 2.15. The monoisotopic (exact) mass is 346 g/mol. The van der Waals surface area contributed by atoms with Gasteiger partial charge in [0.25, 0.3) is 0 Å². The molecule has 1 atom stereocenters. The van der Waals surface area contributed by atoms with Crippen LogP contribution in [-0.4, -0.2) is 76.1 Å². The number of carbonyl (C=O) groups is 2. The first kappa shape index (κ1) is 22.5. The highest BCUT2D eigenvalue weighted by molar-refractivity contribution is 5.73. The molecule has 0 radical (unpaired) electrons. The molecule has 0 saturated heterocycles. The van der Waals surface area contributed by atoms with Crippen molar-refractivity contribution < 1.29 is 19.1 Å². The molecule has 8 heteroatoms. The molecule has 0 bridgehead atoms. The first-order chi connectivity index (χ1) is 11.2. The zero-order chi connectivity index (χ0) is 18.6. The van der Waals surface area contributed by atoms with Crippen LogP contribution in [0.4, 0.5) is 9.59 Å². The molecule has 0 rings (SSSR count). The number of methoxy groups -OCH3 is 1. The van der Waals surface area contributed by atoms with Gasteiger partial charge in [-0.05, 0) is 33.6 Å². The summed E-state index contributed by atoms with van der Waals surface area (Å²) in [5.74, 6) is 0. The van der Waals surface area contributed by atoms with Crippen molar-refractivity contribution in [1.29, 1.82) is 0 Å². The maximum Gasteiger partial charge on any atom is 0.407 e. The van der Waals surface area contributed by atoms with E-state index in [-0.39, 0.29) is 12.1 Å². The van der Waals surface area contributed by atoms with Gasteiger partial charge in [-0.3, -0.25) is 0 Å². The summed E-state index contributed by atoms with van der Waals surface area (Å²) in [6, 6.07) is 0.0633. The van der Waals surface area contributed by atoms with Gasteiger partial charge in [-0.1, -0.05) is 0 Å². The van der Waals surface area contributed by atoms with E-state index < -0.39 is 11.7 Å². The van der Waals surface area contributed by atoms with Crippen LogP contribution >= 0.6 is 0 Å². The Balaban J connectivity index is 3.88. The first-order valence-corrected chi connectivity index (χ1v) is 8.30. The van der Waals surface area contributed by atoms with E-state index in [0.29, 0.717) is 26.2 Å². The molecule has 24 heavy (non-hydrogen) atoms. The summed E-state index contributed by atoms with van der Waals surface area (Å²) < 4.78 is 10.4. The summed E-state index contributed by atoms with van der Waals surface area (Å²) in [4.78, 5) is 24.4. The molecule has 1 unspecified atom stereocenters. The SMILES string of the molecule is COCC(CCCNC(=O)OC(C)(C)C)NCCNC(=O)N(C)C. The molecule has 0 fully saturated rings. The first-order valence-electron chi connectivity index (χ1n) is 8.30.